The van der Waals surface area contributed by atoms with Crippen LogP contribution in [-0.4, -0.2) is 47.6 Å². The summed E-state index contributed by atoms with van der Waals surface area (Å²) < 4.78 is 0. The molecule has 0 amide bonds. The van der Waals surface area contributed by atoms with Gasteiger partial charge in [0, 0.05) is 12.0 Å². The molecule has 0 spiro atoms. The second kappa shape index (κ2) is 23.7. The molecule has 1 N–H and O–H groups in total. The molecule has 0 heterocycles. The number of carbonyl (C=O) groups is 2. The van der Waals surface area contributed by atoms with Gasteiger partial charge < -0.3 is 25.1 Å². The Morgan fingerprint density at radius 2 is 1.28 bits per heavy atom. The van der Waals surface area contributed by atoms with Gasteiger partial charge in [-0.15, -0.1) is 0 Å². The Morgan fingerprint density at radius 3 is 1.76 bits per heavy atom. The average Bonchev–Trinajstić information content (AvgIpc) is 2.66. The fourth-order valence-corrected chi connectivity index (χ4v) is 3.21. The molecule has 0 unspecified atom stereocenters. The first-order chi connectivity index (χ1) is 13.6. The zero-order valence-electron chi connectivity index (χ0n) is 18.6. The van der Waals surface area contributed by atoms with Gasteiger partial charge in [-0.3, -0.25) is 0 Å². The molecule has 0 aromatic heterocycles. The molecule has 0 aromatic rings. The van der Waals surface area contributed by atoms with E-state index >= 15 is 0 Å². The van der Waals surface area contributed by atoms with Crippen molar-refractivity contribution < 1.29 is 19.8 Å². The molecular weight excluding hydrogens is 379 g/mol. The quantitative estimate of drug-likeness (QED) is 0.175. The van der Waals surface area contributed by atoms with Crippen molar-refractivity contribution in [2.75, 3.05) is 6.54 Å². The standard InChI is InChI=1S/C23H43NO4.Mg/c1-2-3-4-5-6-7-8-9-10-11-12-13-14-15-16-17-20-24-21(23(27)28)18-19-22(25)26;/h9-10,21,24H,2-8,11-20H2,1H3,(H,25,26)(H,27,28);/q;+2/p-2/b10-9-;/t21-;/m1./s1. The van der Waals surface area contributed by atoms with E-state index in [2.05, 4.69) is 24.4 Å². The van der Waals surface area contributed by atoms with E-state index in [0.29, 0.717) is 6.54 Å². The molecule has 0 aliphatic carbocycles. The molecule has 0 fully saturated rings. The van der Waals surface area contributed by atoms with Crippen LogP contribution in [0.15, 0.2) is 12.2 Å². The van der Waals surface area contributed by atoms with Crippen LogP contribution in [0, 0.1) is 0 Å². The van der Waals surface area contributed by atoms with Crippen LogP contribution in [0.1, 0.15) is 110 Å². The summed E-state index contributed by atoms with van der Waals surface area (Å²) in [4.78, 5) is 21.3. The van der Waals surface area contributed by atoms with Crippen molar-refractivity contribution in [3.8, 4) is 0 Å². The number of nitrogens with one attached hydrogen (secondary N) is 1. The van der Waals surface area contributed by atoms with Crippen molar-refractivity contribution >= 4 is 35.0 Å². The van der Waals surface area contributed by atoms with Crippen LogP contribution in [0.25, 0.3) is 0 Å². The summed E-state index contributed by atoms with van der Waals surface area (Å²) in [7, 11) is 0. The molecule has 0 saturated heterocycles. The second-order valence-electron chi connectivity index (χ2n) is 7.67. The van der Waals surface area contributed by atoms with Gasteiger partial charge in [0.1, 0.15) is 0 Å². The van der Waals surface area contributed by atoms with Gasteiger partial charge >= 0.3 is 23.1 Å². The van der Waals surface area contributed by atoms with E-state index in [1.54, 1.807) is 0 Å². The van der Waals surface area contributed by atoms with Crippen molar-refractivity contribution in [2.24, 2.45) is 0 Å². The monoisotopic (exact) mass is 419 g/mol. The van der Waals surface area contributed by atoms with Gasteiger partial charge in [0.15, 0.2) is 0 Å². The number of hydrogen-bond donors (Lipinski definition) is 1. The molecular formula is C23H41MgNO4. The van der Waals surface area contributed by atoms with E-state index in [9.17, 15) is 19.8 Å². The smallest absolute Gasteiger partial charge is 0.550 e. The maximum Gasteiger partial charge on any atom is 2.00 e. The Bertz CT molecular complexity index is 416. The summed E-state index contributed by atoms with van der Waals surface area (Å²) in [6, 6.07) is -0.902. The summed E-state index contributed by atoms with van der Waals surface area (Å²) in [5.74, 6) is -2.48. The molecule has 6 heteroatoms. The molecule has 164 valence electrons. The maximum absolute atomic E-state index is 10.9. The van der Waals surface area contributed by atoms with Crippen molar-refractivity contribution in [1.29, 1.82) is 0 Å². The summed E-state index contributed by atoms with van der Waals surface area (Å²) in [6.07, 6.45) is 21.7. The van der Waals surface area contributed by atoms with Gasteiger partial charge in [-0.1, -0.05) is 76.9 Å². The number of carboxylic acids is 2. The molecule has 0 aromatic carbocycles. The third kappa shape index (κ3) is 23.6. The third-order valence-corrected chi connectivity index (χ3v) is 5.00. The van der Waals surface area contributed by atoms with E-state index in [4.69, 9.17) is 0 Å². The zero-order chi connectivity index (χ0) is 20.9. The molecule has 0 aliphatic heterocycles. The third-order valence-electron chi connectivity index (χ3n) is 5.00. The van der Waals surface area contributed by atoms with Crippen LogP contribution in [0.4, 0.5) is 0 Å². The predicted molar refractivity (Wildman–Crippen MR) is 116 cm³/mol. The van der Waals surface area contributed by atoms with Gasteiger partial charge in [-0.05, 0) is 51.5 Å². The molecule has 0 bridgehead atoms. The first-order valence-corrected chi connectivity index (χ1v) is 11.4. The van der Waals surface area contributed by atoms with Crippen LogP contribution in [-0.2, 0) is 9.59 Å². The Hall–Kier alpha value is -0.594. The van der Waals surface area contributed by atoms with Crippen LogP contribution in [0.3, 0.4) is 0 Å². The number of hydrogen-bond acceptors (Lipinski definition) is 5. The van der Waals surface area contributed by atoms with E-state index in [1.165, 1.54) is 70.6 Å². The largest absolute Gasteiger partial charge is 2.00 e. The van der Waals surface area contributed by atoms with Gasteiger partial charge in [0.05, 0.1) is 5.97 Å². The molecule has 1 atom stereocenters. The summed E-state index contributed by atoms with van der Waals surface area (Å²) >= 11 is 0. The van der Waals surface area contributed by atoms with Crippen LogP contribution in [0.2, 0.25) is 0 Å². The molecule has 0 rings (SSSR count). The fourth-order valence-electron chi connectivity index (χ4n) is 3.21. The van der Waals surface area contributed by atoms with Gasteiger partial charge in [-0.2, -0.15) is 0 Å². The summed E-state index contributed by atoms with van der Waals surface area (Å²) in [5.41, 5.74) is 0. The van der Waals surface area contributed by atoms with Crippen LogP contribution < -0.4 is 15.5 Å². The second-order valence-corrected chi connectivity index (χ2v) is 7.67. The molecule has 0 saturated carbocycles. The van der Waals surface area contributed by atoms with Gasteiger partial charge in [0.25, 0.3) is 0 Å². The van der Waals surface area contributed by atoms with Crippen molar-refractivity contribution in [2.45, 2.75) is 116 Å². The summed E-state index contributed by atoms with van der Waals surface area (Å²) in [5, 5.41) is 24.2. The number of unbranched alkanes of at least 4 members (excludes halogenated alkanes) is 12. The Kier molecular flexibility index (Phi) is 25.0. The average molecular weight is 420 g/mol. The maximum atomic E-state index is 10.9. The fraction of sp³-hybridized carbons (Fsp3) is 0.826. The normalized spacial score (nSPS) is 12.0. The topological polar surface area (TPSA) is 92.3 Å². The van der Waals surface area contributed by atoms with E-state index in [-0.39, 0.29) is 35.9 Å². The Balaban J connectivity index is 0. The number of rotatable bonds is 21. The number of allylic oxidation sites excluding steroid dienone is 2. The van der Waals surface area contributed by atoms with E-state index in [1.807, 2.05) is 0 Å². The number of aliphatic carboxylic acids is 2. The first-order valence-electron chi connectivity index (χ1n) is 11.4. The van der Waals surface area contributed by atoms with Crippen molar-refractivity contribution in [1.82, 2.24) is 5.32 Å². The minimum absolute atomic E-state index is 0. The number of carboxylic acid groups (broad SMARTS) is 2. The van der Waals surface area contributed by atoms with Crippen molar-refractivity contribution in [3.05, 3.63) is 12.2 Å². The van der Waals surface area contributed by atoms with Crippen LogP contribution in [0.5, 0.6) is 0 Å². The number of carbonyl (C=O) groups excluding carboxylic acids is 2. The SMILES string of the molecule is CCCCCCCC/C=C\CCCCCCCCN[C@H](CCC(=O)[O-])C(=O)[O-].[Mg+2]. The van der Waals surface area contributed by atoms with Gasteiger partial charge in [-0.25, -0.2) is 0 Å². The van der Waals surface area contributed by atoms with E-state index < -0.39 is 18.0 Å². The Labute approximate surface area is 194 Å². The summed E-state index contributed by atoms with van der Waals surface area (Å²) in [6.45, 7) is 2.83. The van der Waals surface area contributed by atoms with Crippen molar-refractivity contribution in [3.63, 3.8) is 0 Å². The minimum Gasteiger partial charge on any atom is -0.550 e. The van der Waals surface area contributed by atoms with Gasteiger partial charge in [0.2, 0.25) is 0 Å². The zero-order valence-corrected chi connectivity index (χ0v) is 20.0. The van der Waals surface area contributed by atoms with Crippen LogP contribution >= 0.6 is 0 Å². The molecule has 29 heavy (non-hydrogen) atoms. The molecule has 0 aliphatic rings. The van der Waals surface area contributed by atoms with E-state index in [0.717, 1.165) is 19.3 Å². The molecule has 0 radical (unpaired) electrons. The Morgan fingerprint density at radius 1 is 0.793 bits per heavy atom. The molecule has 5 nitrogen and oxygen atoms in total. The predicted octanol–water partition coefficient (Wildman–Crippen LogP) is 2.88. The minimum atomic E-state index is -1.24. The first kappa shape index (κ1) is 30.6.